The second-order valence-electron chi connectivity index (χ2n) is 2.07. The Hall–Kier alpha value is -1.22. The fraction of sp³-hybridized carbons (Fsp3) is 0.400. The van der Waals surface area contributed by atoms with Gasteiger partial charge >= 0.3 is 0 Å². The van der Waals surface area contributed by atoms with Crippen LogP contribution in [0.5, 0.6) is 0 Å². The number of rotatable bonds is 6. The molecular weight excluding hydrogens is 168 g/mol. The molecule has 0 saturated carbocycles. The van der Waals surface area contributed by atoms with Crippen LogP contribution in [0.1, 0.15) is 25.7 Å². The molecule has 0 aromatic rings. The maximum absolute atomic E-state index is 9.52. The van der Waals surface area contributed by atoms with E-state index in [9.17, 15) is 9.59 Å². The molecule has 0 unspecified atom stereocenters. The van der Waals surface area contributed by atoms with Crippen LogP contribution in [0.25, 0.3) is 0 Å². The summed E-state index contributed by atoms with van der Waals surface area (Å²) in [6, 6.07) is 0. The summed E-state index contributed by atoms with van der Waals surface area (Å²) in [6.45, 7) is 6.88. The first kappa shape index (κ1) is 17.8. The van der Waals surface area contributed by atoms with E-state index in [1.54, 1.807) is 12.2 Å². The summed E-state index contributed by atoms with van der Waals surface area (Å²) in [5, 5.41) is 0. The Morgan fingerprint density at radius 3 is 1.15 bits per heavy atom. The van der Waals surface area contributed by atoms with Crippen molar-refractivity contribution in [1.29, 1.82) is 0 Å². The zero-order valence-corrected chi connectivity index (χ0v) is 7.87. The monoisotopic (exact) mass is 186 g/mol. The van der Waals surface area contributed by atoms with E-state index >= 15 is 0 Å². The third-order valence-corrected chi connectivity index (χ3v) is 0.977. The van der Waals surface area contributed by atoms with Gasteiger partial charge < -0.3 is 15.1 Å². The second kappa shape index (κ2) is 22.4. The Bertz CT molecular complexity index is 98.1. The first-order valence-corrected chi connectivity index (χ1v) is 3.92. The minimum atomic E-state index is 0. The summed E-state index contributed by atoms with van der Waals surface area (Å²) in [4.78, 5) is 19.0. The van der Waals surface area contributed by atoms with Gasteiger partial charge in [0.25, 0.3) is 0 Å². The minimum Gasteiger partial charge on any atom is -0.412 e. The molecule has 0 rings (SSSR count). The molecule has 0 aromatic carbocycles. The van der Waals surface area contributed by atoms with Crippen LogP contribution in [0, 0.1) is 0 Å². The predicted molar refractivity (Wildman–Crippen MR) is 54.6 cm³/mol. The minimum absolute atomic E-state index is 0. The highest BCUT2D eigenvalue weighted by atomic mass is 16.1. The van der Waals surface area contributed by atoms with E-state index in [0.717, 1.165) is 25.4 Å². The van der Waals surface area contributed by atoms with E-state index in [1.807, 2.05) is 0 Å². The van der Waals surface area contributed by atoms with E-state index in [1.165, 1.54) is 0 Å². The van der Waals surface area contributed by atoms with Crippen LogP contribution >= 0.6 is 0 Å². The standard InChI is InChI=1S/2C5H8O.H2O/c2*1-2-3-4-5-6;/h2*2,5H,1,3-4H2;1H2. The SMILES string of the molecule is C=CCCC=O.C=CCCC=O.O. The smallest absolute Gasteiger partial charge is 0.120 e. The maximum Gasteiger partial charge on any atom is 0.120 e. The average Bonchev–Trinajstić information content (AvgIpc) is 2.12. The van der Waals surface area contributed by atoms with Crippen LogP contribution in [0.2, 0.25) is 0 Å². The molecule has 0 atom stereocenters. The van der Waals surface area contributed by atoms with Crippen molar-refractivity contribution in [2.24, 2.45) is 0 Å². The lowest BCUT2D eigenvalue weighted by Crippen LogP contribution is -1.66. The van der Waals surface area contributed by atoms with Crippen LogP contribution in [-0.2, 0) is 9.59 Å². The van der Waals surface area contributed by atoms with Crippen molar-refractivity contribution in [3.63, 3.8) is 0 Å². The molecule has 13 heavy (non-hydrogen) atoms. The summed E-state index contributed by atoms with van der Waals surface area (Å²) in [5.41, 5.74) is 0. The van der Waals surface area contributed by atoms with Crippen LogP contribution in [0.3, 0.4) is 0 Å². The average molecular weight is 186 g/mol. The lowest BCUT2D eigenvalue weighted by Gasteiger charge is -1.72. The molecule has 0 aliphatic carbocycles. The lowest BCUT2D eigenvalue weighted by atomic mass is 10.3. The van der Waals surface area contributed by atoms with Gasteiger partial charge in [0.1, 0.15) is 12.6 Å². The van der Waals surface area contributed by atoms with Crippen LogP contribution in [0.15, 0.2) is 25.3 Å². The Balaban J connectivity index is -0.000000143. The number of carbonyl (C=O) groups excluding carboxylic acids is 2. The van der Waals surface area contributed by atoms with Gasteiger partial charge in [-0.2, -0.15) is 0 Å². The van der Waals surface area contributed by atoms with Gasteiger partial charge in [-0.3, -0.25) is 0 Å². The molecule has 0 fully saturated rings. The fourth-order valence-corrected chi connectivity index (χ4v) is 0.372. The topological polar surface area (TPSA) is 65.6 Å². The van der Waals surface area contributed by atoms with Crippen LogP contribution in [-0.4, -0.2) is 18.0 Å². The van der Waals surface area contributed by atoms with Gasteiger partial charge in [0.2, 0.25) is 0 Å². The number of aldehydes is 2. The lowest BCUT2D eigenvalue weighted by molar-refractivity contribution is -0.108. The molecule has 0 aromatic heterocycles. The summed E-state index contributed by atoms with van der Waals surface area (Å²) in [5.74, 6) is 0. The predicted octanol–water partition coefficient (Wildman–Crippen LogP) is 1.48. The van der Waals surface area contributed by atoms with Crippen molar-refractivity contribution in [3.05, 3.63) is 25.3 Å². The van der Waals surface area contributed by atoms with Crippen molar-refractivity contribution < 1.29 is 15.1 Å². The molecule has 0 aliphatic rings. The Morgan fingerprint density at radius 2 is 1.08 bits per heavy atom. The Morgan fingerprint density at radius 1 is 0.769 bits per heavy atom. The molecule has 3 nitrogen and oxygen atoms in total. The van der Waals surface area contributed by atoms with E-state index in [4.69, 9.17) is 0 Å². The van der Waals surface area contributed by atoms with Gasteiger partial charge in [-0.15, -0.1) is 13.2 Å². The number of unbranched alkanes of at least 4 members (excludes halogenated alkanes) is 2. The first-order chi connectivity index (χ1) is 5.83. The van der Waals surface area contributed by atoms with Gasteiger partial charge in [-0.25, -0.2) is 0 Å². The molecule has 0 radical (unpaired) electrons. The number of hydrogen-bond acceptors (Lipinski definition) is 2. The molecule has 0 amide bonds. The van der Waals surface area contributed by atoms with Crippen molar-refractivity contribution in [3.8, 4) is 0 Å². The zero-order valence-electron chi connectivity index (χ0n) is 7.87. The van der Waals surface area contributed by atoms with E-state index in [2.05, 4.69) is 13.2 Å². The van der Waals surface area contributed by atoms with Crippen LogP contribution in [0.4, 0.5) is 0 Å². The van der Waals surface area contributed by atoms with Crippen molar-refractivity contribution in [2.75, 3.05) is 0 Å². The quantitative estimate of drug-likeness (QED) is 0.358. The van der Waals surface area contributed by atoms with E-state index < -0.39 is 0 Å². The maximum atomic E-state index is 9.52. The largest absolute Gasteiger partial charge is 0.412 e. The number of hydrogen-bond donors (Lipinski definition) is 0. The van der Waals surface area contributed by atoms with Gasteiger partial charge in [0.05, 0.1) is 0 Å². The highest BCUT2D eigenvalue weighted by molar-refractivity contribution is 5.49. The molecule has 0 aliphatic heterocycles. The van der Waals surface area contributed by atoms with E-state index in [0.29, 0.717) is 12.8 Å². The summed E-state index contributed by atoms with van der Waals surface area (Å²) >= 11 is 0. The molecule has 0 heterocycles. The normalized spacial score (nSPS) is 6.77. The van der Waals surface area contributed by atoms with Gasteiger partial charge in [-0.05, 0) is 12.8 Å². The molecule has 0 bridgehead atoms. The Labute approximate surface area is 79.5 Å². The third-order valence-electron chi connectivity index (χ3n) is 0.977. The molecule has 3 heteroatoms. The van der Waals surface area contributed by atoms with E-state index in [-0.39, 0.29) is 5.48 Å². The second-order valence-corrected chi connectivity index (χ2v) is 2.07. The highest BCUT2D eigenvalue weighted by Gasteiger charge is 1.71. The van der Waals surface area contributed by atoms with Crippen molar-refractivity contribution >= 4 is 12.6 Å². The van der Waals surface area contributed by atoms with Crippen molar-refractivity contribution in [1.82, 2.24) is 0 Å². The number of allylic oxidation sites excluding steroid dienone is 2. The molecule has 0 spiro atoms. The third kappa shape index (κ3) is 36.4. The first-order valence-electron chi connectivity index (χ1n) is 3.92. The number of carbonyl (C=O) groups is 2. The van der Waals surface area contributed by atoms with Gasteiger partial charge in [0, 0.05) is 12.8 Å². The van der Waals surface area contributed by atoms with Gasteiger partial charge in [0.15, 0.2) is 0 Å². The molecule has 0 saturated heterocycles. The van der Waals surface area contributed by atoms with Crippen molar-refractivity contribution in [2.45, 2.75) is 25.7 Å². The van der Waals surface area contributed by atoms with Crippen LogP contribution < -0.4 is 0 Å². The fourth-order valence-electron chi connectivity index (χ4n) is 0.372. The highest BCUT2D eigenvalue weighted by Crippen LogP contribution is 1.80. The Kier molecular flexibility index (Phi) is 30.6. The molecular formula is C10H18O3. The van der Waals surface area contributed by atoms with Gasteiger partial charge in [-0.1, -0.05) is 12.2 Å². The zero-order chi connectivity index (χ0) is 9.66. The summed E-state index contributed by atoms with van der Waals surface area (Å²) in [6.07, 6.45) is 8.09. The molecule has 76 valence electrons. The molecule has 2 N–H and O–H groups in total. The summed E-state index contributed by atoms with van der Waals surface area (Å²) < 4.78 is 0. The summed E-state index contributed by atoms with van der Waals surface area (Å²) in [7, 11) is 0.